The molecule has 2 N–H and O–H groups in total. The molecule has 1 aromatic rings. The van der Waals surface area contributed by atoms with Gasteiger partial charge in [-0.1, -0.05) is 13.3 Å². The maximum Gasteiger partial charge on any atom is 0.191 e. The zero-order valence-corrected chi connectivity index (χ0v) is 14.5. The van der Waals surface area contributed by atoms with Crippen LogP contribution in [-0.2, 0) is 11.3 Å². The van der Waals surface area contributed by atoms with Crippen LogP contribution in [0.2, 0.25) is 0 Å². The van der Waals surface area contributed by atoms with Gasteiger partial charge in [-0.15, -0.1) is 11.3 Å². The number of thiazole rings is 1. The minimum Gasteiger partial charge on any atom is -0.380 e. The van der Waals surface area contributed by atoms with Crippen LogP contribution in [0.25, 0.3) is 0 Å². The van der Waals surface area contributed by atoms with Gasteiger partial charge in [0.2, 0.25) is 0 Å². The Hall–Kier alpha value is -1.14. The summed E-state index contributed by atoms with van der Waals surface area (Å²) in [5, 5.41) is 7.64. The first-order valence-electron chi connectivity index (χ1n) is 7.70. The lowest BCUT2D eigenvalue weighted by atomic mass is 10.4. The minimum atomic E-state index is 0.670. The van der Waals surface area contributed by atoms with E-state index in [9.17, 15) is 0 Å². The second kappa shape index (κ2) is 10.6. The van der Waals surface area contributed by atoms with E-state index in [1.807, 2.05) is 13.8 Å². The summed E-state index contributed by atoms with van der Waals surface area (Å²) in [6.45, 7) is 12.1. The summed E-state index contributed by atoms with van der Waals surface area (Å²) in [6, 6.07) is 0. The van der Waals surface area contributed by atoms with Crippen LogP contribution in [0, 0.1) is 13.8 Å². The molecule has 0 bridgehead atoms. The summed E-state index contributed by atoms with van der Waals surface area (Å²) in [4.78, 5) is 10.3. The van der Waals surface area contributed by atoms with Gasteiger partial charge >= 0.3 is 0 Å². The molecule has 1 rings (SSSR count). The summed E-state index contributed by atoms with van der Waals surface area (Å²) in [5.41, 5.74) is 1.08. The molecule has 0 saturated heterocycles. The number of aryl methyl sites for hydroxylation is 2. The highest BCUT2D eigenvalue weighted by molar-refractivity contribution is 7.11. The molecule has 120 valence electrons. The van der Waals surface area contributed by atoms with Gasteiger partial charge in [0.25, 0.3) is 0 Å². The fraction of sp³-hybridized carbons (Fsp3) is 0.733. The Morgan fingerprint density at radius 3 is 2.67 bits per heavy atom. The van der Waals surface area contributed by atoms with Crippen molar-refractivity contribution in [2.75, 3.05) is 26.3 Å². The summed E-state index contributed by atoms with van der Waals surface area (Å²) in [5.74, 6) is 0.835. The van der Waals surface area contributed by atoms with Gasteiger partial charge in [-0.25, -0.2) is 9.98 Å². The van der Waals surface area contributed by atoms with Crippen molar-refractivity contribution < 1.29 is 4.74 Å². The Labute approximate surface area is 132 Å². The molecular formula is C15H28N4OS. The molecule has 0 aliphatic carbocycles. The van der Waals surface area contributed by atoms with Crippen LogP contribution in [0.5, 0.6) is 0 Å². The molecule has 0 amide bonds. The number of hydrogen-bond donors (Lipinski definition) is 2. The second-order valence-electron chi connectivity index (χ2n) is 4.83. The van der Waals surface area contributed by atoms with E-state index in [0.29, 0.717) is 13.2 Å². The van der Waals surface area contributed by atoms with Crippen LogP contribution >= 0.6 is 11.3 Å². The highest BCUT2D eigenvalue weighted by Crippen LogP contribution is 2.17. The van der Waals surface area contributed by atoms with Crippen molar-refractivity contribution in [2.24, 2.45) is 4.99 Å². The highest BCUT2D eigenvalue weighted by Gasteiger charge is 2.04. The molecule has 0 saturated carbocycles. The van der Waals surface area contributed by atoms with Gasteiger partial charge < -0.3 is 15.4 Å². The van der Waals surface area contributed by atoms with Crippen molar-refractivity contribution in [3.05, 3.63) is 15.6 Å². The third-order valence-corrected chi connectivity index (χ3v) is 3.96. The van der Waals surface area contributed by atoms with Crippen molar-refractivity contribution in [1.82, 2.24) is 15.6 Å². The third kappa shape index (κ3) is 7.43. The third-order valence-electron chi connectivity index (χ3n) is 2.91. The van der Waals surface area contributed by atoms with Crippen LogP contribution < -0.4 is 10.6 Å². The zero-order valence-electron chi connectivity index (χ0n) is 13.7. The normalized spacial score (nSPS) is 11.7. The quantitative estimate of drug-likeness (QED) is 0.418. The average Bonchev–Trinajstić information content (AvgIpc) is 2.78. The molecule has 0 radical (unpaired) electrons. The van der Waals surface area contributed by atoms with Crippen LogP contribution in [-0.4, -0.2) is 37.2 Å². The molecule has 0 unspecified atom stereocenters. The van der Waals surface area contributed by atoms with Crippen LogP contribution in [0.4, 0.5) is 0 Å². The number of aliphatic imine (C=N–C) groups is 1. The molecule has 5 nitrogen and oxygen atoms in total. The van der Waals surface area contributed by atoms with E-state index in [1.165, 1.54) is 11.3 Å². The summed E-state index contributed by atoms with van der Waals surface area (Å²) < 4.78 is 5.53. The first kappa shape index (κ1) is 17.9. The van der Waals surface area contributed by atoms with E-state index in [2.05, 4.69) is 34.5 Å². The van der Waals surface area contributed by atoms with E-state index in [1.54, 1.807) is 11.3 Å². The maximum absolute atomic E-state index is 5.53. The Balaban J connectivity index is 2.37. The number of nitrogens with one attached hydrogen (secondary N) is 2. The Morgan fingerprint density at radius 1 is 1.24 bits per heavy atom. The van der Waals surface area contributed by atoms with E-state index < -0.39 is 0 Å². The first-order valence-corrected chi connectivity index (χ1v) is 8.51. The monoisotopic (exact) mass is 312 g/mol. The van der Waals surface area contributed by atoms with E-state index >= 15 is 0 Å². The van der Waals surface area contributed by atoms with Crippen molar-refractivity contribution >= 4 is 17.3 Å². The standard InChI is InChI=1S/C15H28N4OS/c1-5-7-9-20-10-8-17-15(16-6-2)18-11-14-12(3)19-13(4)21-14/h5-11H2,1-4H3,(H2,16,17,18). The number of nitrogens with zero attached hydrogens (tertiary/aromatic N) is 2. The second-order valence-corrected chi connectivity index (χ2v) is 6.12. The molecule has 0 aliphatic heterocycles. The Kier molecular flexibility index (Phi) is 9.01. The number of rotatable bonds is 9. The van der Waals surface area contributed by atoms with E-state index in [0.717, 1.165) is 42.8 Å². The van der Waals surface area contributed by atoms with E-state index in [-0.39, 0.29) is 0 Å². The summed E-state index contributed by atoms with van der Waals surface area (Å²) in [7, 11) is 0. The molecule has 1 aromatic heterocycles. The SMILES string of the molecule is CCCCOCCNC(=NCc1sc(C)nc1C)NCC. The molecule has 0 aliphatic rings. The Bertz CT molecular complexity index is 431. The largest absolute Gasteiger partial charge is 0.380 e. The van der Waals surface area contributed by atoms with Crippen LogP contribution in [0.15, 0.2) is 4.99 Å². The van der Waals surface area contributed by atoms with Crippen LogP contribution in [0.1, 0.15) is 42.3 Å². The van der Waals surface area contributed by atoms with Gasteiger partial charge in [-0.3, -0.25) is 0 Å². The summed E-state index contributed by atoms with van der Waals surface area (Å²) >= 11 is 1.71. The average molecular weight is 312 g/mol. The van der Waals surface area contributed by atoms with Gasteiger partial charge in [0.1, 0.15) is 0 Å². The minimum absolute atomic E-state index is 0.670. The fourth-order valence-corrected chi connectivity index (χ4v) is 2.66. The molecule has 6 heteroatoms. The van der Waals surface area contributed by atoms with Crippen LogP contribution in [0.3, 0.4) is 0 Å². The lowest BCUT2D eigenvalue weighted by Gasteiger charge is -2.11. The molecule has 0 atom stereocenters. The van der Waals surface area contributed by atoms with Gasteiger partial charge in [0.05, 0.1) is 23.9 Å². The van der Waals surface area contributed by atoms with Gasteiger partial charge in [0.15, 0.2) is 5.96 Å². The molecule has 21 heavy (non-hydrogen) atoms. The lowest BCUT2D eigenvalue weighted by molar-refractivity contribution is 0.136. The first-order chi connectivity index (χ1) is 10.2. The van der Waals surface area contributed by atoms with E-state index in [4.69, 9.17) is 4.74 Å². The zero-order chi connectivity index (χ0) is 15.5. The lowest BCUT2D eigenvalue weighted by Crippen LogP contribution is -2.39. The molecular weight excluding hydrogens is 284 g/mol. The molecule has 1 heterocycles. The van der Waals surface area contributed by atoms with Crippen molar-refractivity contribution in [3.63, 3.8) is 0 Å². The number of hydrogen-bond acceptors (Lipinski definition) is 4. The topological polar surface area (TPSA) is 58.5 Å². The number of aromatic nitrogens is 1. The molecule has 0 spiro atoms. The number of unbranched alkanes of at least 4 members (excludes halogenated alkanes) is 1. The Morgan fingerprint density at radius 2 is 2.05 bits per heavy atom. The predicted molar refractivity (Wildman–Crippen MR) is 90.1 cm³/mol. The van der Waals surface area contributed by atoms with Gasteiger partial charge in [-0.2, -0.15) is 0 Å². The maximum atomic E-state index is 5.53. The smallest absolute Gasteiger partial charge is 0.191 e. The number of ether oxygens (including phenoxy) is 1. The van der Waals surface area contributed by atoms with Crippen molar-refractivity contribution in [2.45, 2.75) is 47.1 Å². The molecule has 0 fully saturated rings. The predicted octanol–water partition coefficient (Wildman–Crippen LogP) is 2.63. The molecule has 0 aromatic carbocycles. The summed E-state index contributed by atoms with van der Waals surface area (Å²) in [6.07, 6.45) is 2.29. The fourth-order valence-electron chi connectivity index (χ4n) is 1.80. The highest BCUT2D eigenvalue weighted by atomic mass is 32.1. The van der Waals surface area contributed by atoms with Crippen molar-refractivity contribution in [1.29, 1.82) is 0 Å². The van der Waals surface area contributed by atoms with Gasteiger partial charge in [0, 0.05) is 24.6 Å². The number of guanidine groups is 1. The van der Waals surface area contributed by atoms with Gasteiger partial charge in [-0.05, 0) is 27.2 Å². The van der Waals surface area contributed by atoms with Crippen molar-refractivity contribution in [3.8, 4) is 0 Å².